The lowest BCUT2D eigenvalue weighted by Crippen LogP contribution is -2.48. The molecule has 194 valence electrons. The molecule has 38 heavy (non-hydrogen) atoms. The van der Waals surface area contributed by atoms with E-state index in [-0.39, 0.29) is 11.3 Å². The monoisotopic (exact) mass is 527 g/mol. The normalized spacial score (nSPS) is 14.8. The second kappa shape index (κ2) is 10.8. The van der Waals surface area contributed by atoms with Crippen molar-refractivity contribution in [2.75, 3.05) is 31.9 Å². The van der Waals surface area contributed by atoms with Crippen LogP contribution in [0.3, 0.4) is 0 Å². The van der Waals surface area contributed by atoms with Crippen molar-refractivity contribution in [1.29, 1.82) is 0 Å². The van der Waals surface area contributed by atoms with Crippen LogP contribution in [0.1, 0.15) is 34.0 Å². The first-order chi connectivity index (χ1) is 18.3. The highest BCUT2D eigenvalue weighted by molar-refractivity contribution is 7.89. The lowest BCUT2D eigenvalue weighted by atomic mass is 9.93. The Kier molecular flexibility index (Phi) is 7.34. The molecule has 0 bridgehead atoms. The summed E-state index contributed by atoms with van der Waals surface area (Å²) in [6.07, 6.45) is 1.86. The zero-order valence-corrected chi connectivity index (χ0v) is 22.0. The summed E-state index contributed by atoms with van der Waals surface area (Å²) in [4.78, 5) is 17.5. The Balaban J connectivity index is 1.34. The Morgan fingerprint density at radius 3 is 2.45 bits per heavy atom. The minimum Gasteiger partial charge on any atom is -0.478 e. The number of sulfonamides is 1. The lowest BCUT2D eigenvalue weighted by molar-refractivity contribution is 0.0697. The molecule has 1 aromatic heterocycles. The quantitative estimate of drug-likeness (QED) is 0.363. The van der Waals surface area contributed by atoms with Gasteiger partial charge in [0.15, 0.2) is 0 Å². The average molecular weight is 528 g/mol. The molecule has 0 spiro atoms. The summed E-state index contributed by atoms with van der Waals surface area (Å²) in [6.45, 7) is 4.88. The van der Waals surface area contributed by atoms with E-state index in [2.05, 4.69) is 21.7 Å². The molecule has 3 aromatic carbocycles. The van der Waals surface area contributed by atoms with E-state index in [1.54, 1.807) is 23.4 Å². The lowest BCUT2D eigenvalue weighted by Gasteiger charge is -2.33. The number of fused-ring (bicyclic) bond motifs is 1. The number of hydrogen-bond acceptors (Lipinski definition) is 4. The van der Waals surface area contributed by atoms with Crippen molar-refractivity contribution in [3.05, 3.63) is 95.2 Å². The molecule has 2 heterocycles. The largest absolute Gasteiger partial charge is 0.478 e. The summed E-state index contributed by atoms with van der Waals surface area (Å²) in [5.41, 5.74) is 5.17. The number of benzene rings is 3. The van der Waals surface area contributed by atoms with Crippen molar-refractivity contribution in [3.8, 4) is 23.0 Å². The maximum Gasteiger partial charge on any atom is 0.336 e. The van der Waals surface area contributed by atoms with Gasteiger partial charge in [0, 0.05) is 61.1 Å². The van der Waals surface area contributed by atoms with Gasteiger partial charge in [-0.1, -0.05) is 42.2 Å². The molecule has 0 amide bonds. The van der Waals surface area contributed by atoms with Gasteiger partial charge in [-0.2, -0.15) is 4.31 Å². The topological polar surface area (TPSA) is 93.7 Å². The molecule has 7 nitrogen and oxygen atoms in total. The van der Waals surface area contributed by atoms with E-state index in [0.717, 1.165) is 34.1 Å². The summed E-state index contributed by atoms with van der Waals surface area (Å²) in [7, 11) is -3.13. The SMILES string of the molecule is CCS(=O)(=O)N1CCN(Cc2ccc(C#Cc3cccc(C(=O)O)c3-c3ccc4cc[nH]c4c3)cc2)CC1. The average Bonchev–Trinajstić information content (AvgIpc) is 3.41. The number of aromatic carboxylic acids is 1. The van der Waals surface area contributed by atoms with Gasteiger partial charge < -0.3 is 10.1 Å². The van der Waals surface area contributed by atoms with Gasteiger partial charge in [0.1, 0.15) is 0 Å². The summed E-state index contributed by atoms with van der Waals surface area (Å²) < 4.78 is 25.7. The Hall–Kier alpha value is -3.90. The molecule has 0 radical (unpaired) electrons. The van der Waals surface area contributed by atoms with E-state index >= 15 is 0 Å². The number of nitrogens with zero attached hydrogens (tertiary/aromatic N) is 2. The predicted molar refractivity (Wildman–Crippen MR) is 149 cm³/mol. The number of rotatable bonds is 6. The van der Waals surface area contributed by atoms with Crippen LogP contribution in [0, 0.1) is 11.8 Å². The van der Waals surface area contributed by atoms with Gasteiger partial charge in [-0.15, -0.1) is 0 Å². The zero-order chi connectivity index (χ0) is 26.7. The van der Waals surface area contributed by atoms with Gasteiger partial charge in [0.2, 0.25) is 10.0 Å². The van der Waals surface area contributed by atoms with Crippen LogP contribution >= 0.6 is 0 Å². The van der Waals surface area contributed by atoms with Gasteiger partial charge in [-0.25, -0.2) is 13.2 Å². The molecule has 5 rings (SSSR count). The fraction of sp³-hybridized carbons (Fsp3) is 0.233. The van der Waals surface area contributed by atoms with Gasteiger partial charge in [0.25, 0.3) is 0 Å². The van der Waals surface area contributed by atoms with E-state index in [9.17, 15) is 18.3 Å². The van der Waals surface area contributed by atoms with Gasteiger partial charge in [-0.05, 0) is 59.8 Å². The molecular weight excluding hydrogens is 498 g/mol. The van der Waals surface area contributed by atoms with Crippen LogP contribution in [0.2, 0.25) is 0 Å². The first-order valence-corrected chi connectivity index (χ1v) is 14.2. The van der Waals surface area contributed by atoms with Crippen LogP contribution in [0.25, 0.3) is 22.0 Å². The molecule has 1 aliphatic heterocycles. The van der Waals surface area contributed by atoms with Gasteiger partial charge in [0.05, 0.1) is 11.3 Å². The number of nitrogens with one attached hydrogen (secondary N) is 1. The number of piperazine rings is 1. The highest BCUT2D eigenvalue weighted by Crippen LogP contribution is 2.30. The standard InChI is InChI=1S/C30H29N3O4S/c1-2-38(36,37)33-18-16-32(17-19-33)21-23-8-6-22(7-9-23)10-11-25-4-3-5-27(30(34)35)29(25)26-13-12-24-14-15-31-28(24)20-26/h3-9,12-15,20,31H,2,16-19,21H2,1H3,(H,34,35). The molecule has 4 aromatic rings. The van der Waals surface area contributed by atoms with Crippen LogP contribution in [-0.4, -0.2) is 65.6 Å². The van der Waals surface area contributed by atoms with E-state index in [1.165, 1.54) is 0 Å². The third-order valence-electron chi connectivity index (χ3n) is 6.93. The molecule has 0 aliphatic carbocycles. The third kappa shape index (κ3) is 5.50. The minimum absolute atomic E-state index is 0.138. The second-order valence-electron chi connectivity index (χ2n) is 9.34. The predicted octanol–water partition coefficient (Wildman–Crippen LogP) is 4.40. The number of carboxylic acid groups (broad SMARTS) is 1. The summed E-state index contributed by atoms with van der Waals surface area (Å²) in [5, 5.41) is 10.9. The molecule has 1 saturated heterocycles. The van der Waals surface area contributed by atoms with Crippen molar-refractivity contribution in [3.63, 3.8) is 0 Å². The number of aromatic nitrogens is 1. The number of carboxylic acids is 1. The Labute approximate surface area is 222 Å². The van der Waals surface area contributed by atoms with Crippen molar-refractivity contribution in [2.24, 2.45) is 0 Å². The molecule has 8 heteroatoms. The minimum atomic E-state index is -3.13. The molecule has 0 unspecified atom stereocenters. The van der Waals surface area contributed by atoms with Crippen molar-refractivity contribution in [1.82, 2.24) is 14.2 Å². The first-order valence-electron chi connectivity index (χ1n) is 12.6. The number of carbonyl (C=O) groups is 1. The molecule has 2 N–H and O–H groups in total. The maximum absolute atomic E-state index is 12.1. The highest BCUT2D eigenvalue weighted by atomic mass is 32.2. The molecular formula is C30H29N3O4S. The van der Waals surface area contributed by atoms with Gasteiger partial charge >= 0.3 is 5.97 Å². The Morgan fingerprint density at radius 1 is 0.974 bits per heavy atom. The van der Waals surface area contributed by atoms with Crippen LogP contribution in [0.4, 0.5) is 0 Å². The van der Waals surface area contributed by atoms with Crippen LogP contribution in [0.15, 0.2) is 72.9 Å². The van der Waals surface area contributed by atoms with E-state index < -0.39 is 16.0 Å². The van der Waals surface area contributed by atoms with Gasteiger partial charge in [-0.3, -0.25) is 4.90 Å². The summed E-state index contributed by atoms with van der Waals surface area (Å²) in [6, 6.07) is 21.0. The van der Waals surface area contributed by atoms with Crippen LogP contribution < -0.4 is 0 Å². The second-order valence-corrected chi connectivity index (χ2v) is 11.6. The summed E-state index contributed by atoms with van der Waals surface area (Å²) in [5.74, 6) is 5.53. The molecule has 1 aliphatic rings. The van der Waals surface area contributed by atoms with E-state index in [4.69, 9.17) is 0 Å². The first kappa shape index (κ1) is 25.7. The van der Waals surface area contributed by atoms with E-state index in [1.807, 2.05) is 60.8 Å². The van der Waals surface area contributed by atoms with E-state index in [0.29, 0.717) is 37.3 Å². The van der Waals surface area contributed by atoms with Crippen molar-refractivity contribution in [2.45, 2.75) is 13.5 Å². The third-order valence-corrected chi connectivity index (χ3v) is 8.81. The molecule has 1 fully saturated rings. The number of H-pyrrole nitrogens is 1. The van der Waals surface area contributed by atoms with Crippen molar-refractivity contribution < 1.29 is 18.3 Å². The highest BCUT2D eigenvalue weighted by Gasteiger charge is 2.25. The zero-order valence-electron chi connectivity index (χ0n) is 21.1. The Bertz CT molecular complexity index is 1640. The number of aromatic amines is 1. The molecule has 0 atom stereocenters. The molecule has 0 saturated carbocycles. The van der Waals surface area contributed by atoms with Crippen molar-refractivity contribution >= 4 is 26.9 Å². The fourth-order valence-corrected chi connectivity index (χ4v) is 5.87. The Morgan fingerprint density at radius 2 is 1.74 bits per heavy atom. The number of hydrogen-bond donors (Lipinski definition) is 2. The fourth-order valence-electron chi connectivity index (χ4n) is 4.79. The smallest absolute Gasteiger partial charge is 0.336 e. The van der Waals surface area contributed by atoms with Crippen LogP contribution in [0.5, 0.6) is 0 Å². The maximum atomic E-state index is 12.1. The van der Waals surface area contributed by atoms with Crippen LogP contribution in [-0.2, 0) is 16.6 Å². The summed E-state index contributed by atoms with van der Waals surface area (Å²) >= 11 is 0.